The summed E-state index contributed by atoms with van der Waals surface area (Å²) >= 11 is 1.41. The first-order valence-corrected chi connectivity index (χ1v) is 10.5. The van der Waals surface area contributed by atoms with Crippen molar-refractivity contribution in [1.82, 2.24) is 4.90 Å². The van der Waals surface area contributed by atoms with Gasteiger partial charge in [-0.05, 0) is 37.1 Å². The maximum absolute atomic E-state index is 13.1. The number of hydrogen-bond donors (Lipinski definition) is 0. The Morgan fingerprint density at radius 3 is 2.50 bits per heavy atom. The number of carbonyl (C=O) groups excluding carboxylic acids is 2. The molecule has 0 bridgehead atoms. The quantitative estimate of drug-likeness (QED) is 0.679. The number of nitrogens with zero attached hydrogens (tertiary/aromatic N) is 2. The highest BCUT2D eigenvalue weighted by Gasteiger charge is 2.46. The van der Waals surface area contributed by atoms with Crippen LogP contribution in [0, 0.1) is 0 Å². The molecule has 2 atom stereocenters. The Labute approximate surface area is 179 Å². The van der Waals surface area contributed by atoms with E-state index in [2.05, 4.69) is 4.99 Å². The summed E-state index contributed by atoms with van der Waals surface area (Å²) in [4.78, 5) is 32.2. The number of rotatable bonds is 5. The molecule has 0 aromatic heterocycles. The molecule has 0 unspecified atom stereocenters. The second-order valence-electron chi connectivity index (χ2n) is 7.10. The normalized spacial score (nSPS) is 20.7. The summed E-state index contributed by atoms with van der Waals surface area (Å²) in [6, 6.07) is 16.3. The first kappa shape index (κ1) is 20.2. The molecule has 0 saturated carbocycles. The molecule has 7 heteroatoms. The number of hydrogen-bond acceptors (Lipinski definition) is 6. The predicted molar refractivity (Wildman–Crippen MR) is 116 cm³/mol. The van der Waals surface area contributed by atoms with E-state index < -0.39 is 12.0 Å². The lowest BCUT2D eigenvalue weighted by molar-refractivity contribution is -0.141. The fourth-order valence-electron chi connectivity index (χ4n) is 3.57. The van der Waals surface area contributed by atoms with E-state index in [1.807, 2.05) is 61.5 Å². The van der Waals surface area contributed by atoms with Gasteiger partial charge in [0, 0.05) is 0 Å². The number of amidine groups is 1. The fourth-order valence-corrected chi connectivity index (χ4v) is 4.60. The molecule has 1 fully saturated rings. The van der Waals surface area contributed by atoms with E-state index in [0.29, 0.717) is 22.2 Å². The molecule has 1 amide bonds. The van der Waals surface area contributed by atoms with Crippen LogP contribution < -0.4 is 4.74 Å². The van der Waals surface area contributed by atoms with Crippen LogP contribution in [0.5, 0.6) is 5.75 Å². The number of aliphatic imine (C=N–C) groups is 1. The maximum Gasteiger partial charge on any atom is 0.338 e. The van der Waals surface area contributed by atoms with Crippen LogP contribution in [-0.2, 0) is 20.9 Å². The van der Waals surface area contributed by atoms with Crippen molar-refractivity contribution < 1.29 is 19.1 Å². The Morgan fingerprint density at radius 1 is 1.13 bits per heavy atom. The molecule has 2 aromatic rings. The zero-order valence-electron chi connectivity index (χ0n) is 17.0. The SMILES string of the molecule is COc1ccc([C@H]2C(C(=O)OCc3ccccc3)=C(C)N=C3S[C@@H](C)C(=O)N32)cc1. The van der Waals surface area contributed by atoms with Crippen LogP contribution in [0.25, 0.3) is 0 Å². The van der Waals surface area contributed by atoms with Gasteiger partial charge in [0.25, 0.3) is 0 Å². The molecule has 4 rings (SSSR count). The van der Waals surface area contributed by atoms with Gasteiger partial charge in [0.2, 0.25) is 5.91 Å². The van der Waals surface area contributed by atoms with Gasteiger partial charge in [0.1, 0.15) is 12.4 Å². The second-order valence-corrected chi connectivity index (χ2v) is 8.41. The number of esters is 1. The summed E-state index contributed by atoms with van der Waals surface area (Å²) in [7, 11) is 1.60. The number of carbonyl (C=O) groups is 2. The summed E-state index contributed by atoms with van der Waals surface area (Å²) in [5.74, 6) is 0.158. The fraction of sp³-hybridized carbons (Fsp3) is 0.261. The average Bonchev–Trinajstić information content (AvgIpc) is 3.05. The van der Waals surface area contributed by atoms with Crippen molar-refractivity contribution in [1.29, 1.82) is 0 Å². The van der Waals surface area contributed by atoms with E-state index >= 15 is 0 Å². The first-order valence-electron chi connectivity index (χ1n) is 9.63. The Kier molecular flexibility index (Phi) is 5.63. The lowest BCUT2D eigenvalue weighted by Crippen LogP contribution is -2.40. The standard InChI is InChI=1S/C23H22N2O4S/c1-14-19(22(27)29-13-16-7-5-4-6-8-16)20(17-9-11-18(28-3)12-10-17)25-21(26)15(2)30-23(25)24-14/h4-12,15,20H,13H2,1-3H3/t15-,20-/m0/s1. The van der Waals surface area contributed by atoms with Crippen LogP contribution in [0.4, 0.5) is 0 Å². The van der Waals surface area contributed by atoms with Gasteiger partial charge in [-0.2, -0.15) is 0 Å². The minimum atomic E-state index is -0.586. The van der Waals surface area contributed by atoms with Crippen molar-refractivity contribution in [2.45, 2.75) is 31.7 Å². The Balaban J connectivity index is 1.70. The van der Waals surface area contributed by atoms with Crippen LogP contribution >= 0.6 is 11.8 Å². The minimum absolute atomic E-state index is 0.0690. The second kappa shape index (κ2) is 8.36. The van der Waals surface area contributed by atoms with Gasteiger partial charge in [-0.1, -0.05) is 54.2 Å². The van der Waals surface area contributed by atoms with Crippen molar-refractivity contribution in [3.8, 4) is 5.75 Å². The third-order valence-electron chi connectivity index (χ3n) is 5.12. The molecular formula is C23H22N2O4S. The summed E-state index contributed by atoms with van der Waals surface area (Å²) in [6.45, 7) is 3.79. The lowest BCUT2D eigenvalue weighted by atomic mass is 9.94. The van der Waals surface area contributed by atoms with Gasteiger partial charge in [0.05, 0.1) is 29.7 Å². The van der Waals surface area contributed by atoms with Gasteiger partial charge in [-0.15, -0.1) is 0 Å². The summed E-state index contributed by atoms with van der Waals surface area (Å²) in [6.07, 6.45) is 0. The highest BCUT2D eigenvalue weighted by molar-refractivity contribution is 8.15. The third-order valence-corrected chi connectivity index (χ3v) is 6.18. The zero-order valence-corrected chi connectivity index (χ0v) is 17.8. The molecule has 154 valence electrons. The third kappa shape index (κ3) is 3.73. The molecule has 2 aromatic carbocycles. The summed E-state index contributed by atoms with van der Waals surface area (Å²) in [5.41, 5.74) is 2.64. The predicted octanol–water partition coefficient (Wildman–Crippen LogP) is 4.09. The molecule has 30 heavy (non-hydrogen) atoms. The number of thioether (sulfide) groups is 1. The van der Waals surface area contributed by atoms with Crippen LogP contribution in [0.3, 0.4) is 0 Å². The molecule has 2 heterocycles. The molecule has 1 saturated heterocycles. The topological polar surface area (TPSA) is 68.2 Å². The molecule has 2 aliphatic heterocycles. The number of ether oxygens (including phenoxy) is 2. The summed E-state index contributed by atoms with van der Waals surface area (Å²) in [5, 5.41) is 0.363. The number of amides is 1. The molecule has 6 nitrogen and oxygen atoms in total. The van der Waals surface area contributed by atoms with E-state index in [9.17, 15) is 9.59 Å². The van der Waals surface area contributed by atoms with Crippen LogP contribution in [0.15, 0.2) is 70.9 Å². The number of benzene rings is 2. The van der Waals surface area contributed by atoms with Crippen molar-refractivity contribution in [2.24, 2.45) is 4.99 Å². The number of allylic oxidation sites excluding steroid dienone is 1. The number of methoxy groups -OCH3 is 1. The molecule has 0 N–H and O–H groups in total. The molecule has 0 spiro atoms. The average molecular weight is 423 g/mol. The molecule has 0 radical (unpaired) electrons. The minimum Gasteiger partial charge on any atom is -0.497 e. The highest BCUT2D eigenvalue weighted by atomic mass is 32.2. The van der Waals surface area contributed by atoms with Gasteiger partial charge in [0.15, 0.2) is 5.17 Å². The van der Waals surface area contributed by atoms with Gasteiger partial charge >= 0.3 is 5.97 Å². The Bertz CT molecular complexity index is 1030. The van der Waals surface area contributed by atoms with Crippen molar-refractivity contribution in [3.05, 3.63) is 77.0 Å². The van der Waals surface area contributed by atoms with Crippen molar-refractivity contribution in [2.75, 3.05) is 7.11 Å². The van der Waals surface area contributed by atoms with Crippen LogP contribution in [0.1, 0.15) is 31.0 Å². The summed E-state index contributed by atoms with van der Waals surface area (Å²) < 4.78 is 10.9. The van der Waals surface area contributed by atoms with E-state index in [1.165, 1.54) is 11.8 Å². The van der Waals surface area contributed by atoms with Crippen molar-refractivity contribution >= 4 is 28.8 Å². The Morgan fingerprint density at radius 2 is 1.83 bits per heavy atom. The Hall–Kier alpha value is -3.06. The van der Waals surface area contributed by atoms with E-state index in [4.69, 9.17) is 9.47 Å². The smallest absolute Gasteiger partial charge is 0.338 e. The van der Waals surface area contributed by atoms with E-state index in [0.717, 1.165) is 11.1 Å². The van der Waals surface area contributed by atoms with Crippen molar-refractivity contribution in [3.63, 3.8) is 0 Å². The monoisotopic (exact) mass is 422 g/mol. The molecule has 2 aliphatic rings. The maximum atomic E-state index is 13.1. The zero-order chi connectivity index (χ0) is 21.3. The van der Waals surface area contributed by atoms with E-state index in [-0.39, 0.29) is 17.8 Å². The molecule has 0 aliphatic carbocycles. The first-order chi connectivity index (χ1) is 14.5. The number of fused-ring (bicyclic) bond motifs is 1. The lowest BCUT2D eigenvalue weighted by Gasteiger charge is -2.33. The largest absolute Gasteiger partial charge is 0.497 e. The highest BCUT2D eigenvalue weighted by Crippen LogP contribution is 2.43. The van der Waals surface area contributed by atoms with E-state index in [1.54, 1.807) is 18.9 Å². The van der Waals surface area contributed by atoms with Crippen LogP contribution in [0.2, 0.25) is 0 Å². The van der Waals surface area contributed by atoms with Crippen LogP contribution in [-0.4, -0.2) is 34.3 Å². The van der Waals surface area contributed by atoms with Gasteiger partial charge in [-0.25, -0.2) is 9.79 Å². The molecular weight excluding hydrogens is 400 g/mol. The van der Waals surface area contributed by atoms with Gasteiger partial charge in [-0.3, -0.25) is 9.69 Å². The van der Waals surface area contributed by atoms with Gasteiger partial charge < -0.3 is 9.47 Å².